The lowest BCUT2D eigenvalue weighted by Gasteiger charge is -2.24. The molecule has 0 unspecified atom stereocenters. The van der Waals surface area contributed by atoms with Gasteiger partial charge in [-0.15, -0.1) is 0 Å². The predicted octanol–water partition coefficient (Wildman–Crippen LogP) is 2.86. The lowest BCUT2D eigenvalue weighted by atomic mass is 9.95. The Morgan fingerprint density at radius 3 is 2.23 bits per heavy atom. The third kappa shape index (κ3) is 3.81. The number of ether oxygens (including phenoxy) is 2. The first-order valence-corrected chi connectivity index (χ1v) is 9.14. The molecule has 0 bridgehead atoms. The summed E-state index contributed by atoms with van der Waals surface area (Å²) in [5.41, 5.74) is 0.414. The third-order valence-electron chi connectivity index (χ3n) is 4.69. The van der Waals surface area contributed by atoms with Gasteiger partial charge in [-0.25, -0.2) is 0 Å². The average Bonchev–Trinajstić information content (AvgIpc) is 2.97. The first kappa shape index (κ1) is 21.2. The van der Waals surface area contributed by atoms with Crippen LogP contribution < -0.4 is 9.47 Å². The number of nitrogens with zero attached hydrogens (tertiary/aromatic N) is 1. The number of hydrogen-bond acceptors (Lipinski definition) is 6. The van der Waals surface area contributed by atoms with Crippen LogP contribution in [0.3, 0.4) is 0 Å². The molecule has 2 N–H and O–H groups in total. The van der Waals surface area contributed by atoms with E-state index in [1.54, 1.807) is 12.1 Å². The number of aliphatic hydroxyl groups excluding tert-OH is 1. The number of amides is 1. The van der Waals surface area contributed by atoms with Crippen LogP contribution in [0.5, 0.6) is 11.5 Å². The monoisotopic (exact) mass is 431 g/mol. The number of aliphatic hydroxyl groups is 1. The van der Waals surface area contributed by atoms with Gasteiger partial charge < -0.3 is 24.6 Å². The number of carbonyl (C=O) groups is 3. The molecule has 2 aromatic rings. The molecule has 0 radical (unpaired) electrons. The molecule has 1 heterocycles. The molecule has 1 fully saturated rings. The van der Waals surface area contributed by atoms with Crippen LogP contribution in [0, 0.1) is 0 Å². The number of Topliss-reactive ketones (excluding diaryl/α,β-unsaturated/α-hetero) is 1. The highest BCUT2D eigenvalue weighted by Gasteiger charge is 2.47. The lowest BCUT2D eigenvalue weighted by molar-refractivity contribution is -0.146. The molecule has 8 nitrogen and oxygen atoms in total. The third-order valence-corrected chi connectivity index (χ3v) is 4.94. The van der Waals surface area contributed by atoms with Crippen molar-refractivity contribution in [2.45, 2.75) is 6.04 Å². The normalized spacial score (nSPS) is 17.8. The van der Waals surface area contributed by atoms with E-state index in [0.29, 0.717) is 22.1 Å². The number of aliphatic carboxylic acids is 1. The van der Waals surface area contributed by atoms with E-state index in [-0.39, 0.29) is 11.1 Å². The molecule has 0 aliphatic carbocycles. The highest BCUT2D eigenvalue weighted by molar-refractivity contribution is 6.46. The molecule has 30 heavy (non-hydrogen) atoms. The SMILES string of the molecule is COc1ccc([C@@H]2C(=C(O)c3ccc(Cl)cc3)C(=O)C(=O)N2CC(=O)O)cc1OC. The molecule has 2 aromatic carbocycles. The lowest BCUT2D eigenvalue weighted by Crippen LogP contribution is -2.34. The predicted molar refractivity (Wildman–Crippen MR) is 108 cm³/mol. The van der Waals surface area contributed by atoms with Crippen LogP contribution >= 0.6 is 11.6 Å². The highest BCUT2D eigenvalue weighted by Crippen LogP contribution is 2.41. The Kier molecular flexibility index (Phi) is 5.98. The first-order chi connectivity index (χ1) is 14.3. The van der Waals surface area contributed by atoms with Gasteiger partial charge >= 0.3 is 5.97 Å². The Morgan fingerprint density at radius 2 is 1.67 bits per heavy atom. The van der Waals surface area contributed by atoms with E-state index < -0.39 is 36.0 Å². The second kappa shape index (κ2) is 8.46. The average molecular weight is 432 g/mol. The molecule has 1 atom stereocenters. The number of hydrogen-bond donors (Lipinski definition) is 2. The second-order valence-corrected chi connectivity index (χ2v) is 6.88. The number of likely N-dealkylation sites (tertiary alicyclic amines) is 1. The van der Waals surface area contributed by atoms with E-state index in [1.165, 1.54) is 44.6 Å². The number of ketones is 1. The van der Waals surface area contributed by atoms with Crippen LogP contribution in [0.1, 0.15) is 17.2 Å². The van der Waals surface area contributed by atoms with Gasteiger partial charge in [0.2, 0.25) is 0 Å². The summed E-state index contributed by atoms with van der Waals surface area (Å²) in [7, 11) is 2.87. The van der Waals surface area contributed by atoms with Crippen molar-refractivity contribution in [1.29, 1.82) is 0 Å². The minimum atomic E-state index is -1.30. The van der Waals surface area contributed by atoms with Crippen molar-refractivity contribution < 1.29 is 34.1 Å². The molecule has 0 saturated carbocycles. The van der Waals surface area contributed by atoms with E-state index in [4.69, 9.17) is 21.1 Å². The van der Waals surface area contributed by atoms with E-state index in [9.17, 15) is 24.6 Å². The summed E-state index contributed by atoms with van der Waals surface area (Å²) in [5.74, 6) is -3.00. The Labute approximate surface area is 176 Å². The highest BCUT2D eigenvalue weighted by atomic mass is 35.5. The van der Waals surface area contributed by atoms with E-state index in [1.807, 2.05) is 0 Å². The Hall–Kier alpha value is -3.52. The maximum absolute atomic E-state index is 12.8. The maximum atomic E-state index is 12.8. The van der Waals surface area contributed by atoms with Gasteiger partial charge in [0, 0.05) is 10.6 Å². The van der Waals surface area contributed by atoms with Gasteiger partial charge in [0.15, 0.2) is 11.5 Å². The van der Waals surface area contributed by atoms with Gasteiger partial charge in [-0.1, -0.05) is 17.7 Å². The Morgan fingerprint density at radius 1 is 1.03 bits per heavy atom. The molecule has 1 amide bonds. The zero-order valence-corrected chi connectivity index (χ0v) is 16.8. The van der Waals surface area contributed by atoms with Crippen molar-refractivity contribution in [2.24, 2.45) is 0 Å². The van der Waals surface area contributed by atoms with E-state index >= 15 is 0 Å². The number of carboxylic acid groups (broad SMARTS) is 1. The maximum Gasteiger partial charge on any atom is 0.323 e. The Balaban J connectivity index is 2.22. The molecular formula is C21H18ClNO7. The van der Waals surface area contributed by atoms with Gasteiger partial charge in [-0.2, -0.15) is 0 Å². The van der Waals surface area contributed by atoms with Crippen molar-refractivity contribution >= 4 is 35.0 Å². The van der Waals surface area contributed by atoms with Crippen molar-refractivity contribution in [2.75, 3.05) is 20.8 Å². The minimum absolute atomic E-state index is 0.226. The van der Waals surface area contributed by atoms with Crippen LogP contribution in [0.2, 0.25) is 5.02 Å². The number of carboxylic acids is 1. The molecule has 1 saturated heterocycles. The van der Waals surface area contributed by atoms with E-state index in [0.717, 1.165) is 4.90 Å². The van der Waals surface area contributed by atoms with Crippen molar-refractivity contribution in [3.63, 3.8) is 0 Å². The smallest absolute Gasteiger partial charge is 0.323 e. The number of rotatable bonds is 6. The zero-order valence-electron chi connectivity index (χ0n) is 16.1. The van der Waals surface area contributed by atoms with Crippen molar-refractivity contribution in [3.05, 3.63) is 64.2 Å². The molecule has 1 aliphatic rings. The summed E-state index contributed by atoms with van der Waals surface area (Å²) < 4.78 is 10.5. The van der Waals surface area contributed by atoms with Crippen molar-refractivity contribution in [3.8, 4) is 11.5 Å². The summed E-state index contributed by atoms with van der Waals surface area (Å²) in [6.07, 6.45) is 0. The molecule has 0 aromatic heterocycles. The van der Waals surface area contributed by atoms with Gasteiger partial charge in [-0.3, -0.25) is 14.4 Å². The van der Waals surface area contributed by atoms with Gasteiger partial charge in [0.05, 0.1) is 25.8 Å². The second-order valence-electron chi connectivity index (χ2n) is 6.44. The summed E-state index contributed by atoms with van der Waals surface area (Å²) >= 11 is 5.88. The van der Waals surface area contributed by atoms with Gasteiger partial charge in [0.1, 0.15) is 12.3 Å². The fourth-order valence-electron chi connectivity index (χ4n) is 3.32. The standard InChI is InChI=1S/C21H18ClNO7/c1-29-14-8-5-12(9-15(14)30-2)18-17(19(26)11-3-6-13(22)7-4-11)20(27)21(28)23(18)10-16(24)25/h3-9,18,26H,10H2,1-2H3,(H,24,25)/t18-/m1/s1. The minimum Gasteiger partial charge on any atom is -0.507 e. The van der Waals surface area contributed by atoms with Gasteiger partial charge in [0.25, 0.3) is 11.7 Å². The summed E-state index contributed by atoms with van der Waals surface area (Å²) in [6.45, 7) is -0.721. The van der Waals surface area contributed by atoms with Crippen LogP contribution in [-0.4, -0.2) is 53.5 Å². The molecule has 3 rings (SSSR count). The van der Waals surface area contributed by atoms with Crippen LogP contribution in [0.15, 0.2) is 48.0 Å². The van der Waals surface area contributed by atoms with Gasteiger partial charge in [-0.05, 0) is 42.0 Å². The molecule has 1 aliphatic heterocycles. The number of benzene rings is 2. The number of halogens is 1. The quantitative estimate of drug-likeness (QED) is 0.410. The molecule has 9 heteroatoms. The topological polar surface area (TPSA) is 113 Å². The number of carbonyl (C=O) groups excluding carboxylic acids is 2. The largest absolute Gasteiger partial charge is 0.507 e. The fourth-order valence-corrected chi connectivity index (χ4v) is 3.45. The van der Waals surface area contributed by atoms with E-state index in [2.05, 4.69) is 0 Å². The molecule has 0 spiro atoms. The summed E-state index contributed by atoms with van der Waals surface area (Å²) in [6, 6.07) is 9.57. The summed E-state index contributed by atoms with van der Waals surface area (Å²) in [5, 5.41) is 20.5. The summed E-state index contributed by atoms with van der Waals surface area (Å²) in [4.78, 5) is 37.6. The van der Waals surface area contributed by atoms with Crippen molar-refractivity contribution in [1.82, 2.24) is 4.90 Å². The first-order valence-electron chi connectivity index (χ1n) is 8.76. The Bertz CT molecular complexity index is 1050. The fraction of sp³-hybridized carbons (Fsp3) is 0.190. The number of methoxy groups -OCH3 is 2. The zero-order chi connectivity index (χ0) is 22.0. The van der Waals surface area contributed by atoms with Crippen LogP contribution in [-0.2, 0) is 14.4 Å². The molecular weight excluding hydrogens is 414 g/mol. The van der Waals surface area contributed by atoms with Crippen LogP contribution in [0.25, 0.3) is 5.76 Å². The van der Waals surface area contributed by atoms with Crippen LogP contribution in [0.4, 0.5) is 0 Å². The molecule has 156 valence electrons.